The molecule has 4 bridgehead atoms. The van der Waals surface area contributed by atoms with Crippen molar-refractivity contribution in [3.8, 4) is 6.07 Å². The Balaban J connectivity index is 1.42. The minimum Gasteiger partial charge on any atom is -0.384 e. The van der Waals surface area contributed by atoms with E-state index >= 15 is 0 Å². The van der Waals surface area contributed by atoms with Crippen LogP contribution in [0, 0.1) is 29.1 Å². The molecule has 4 fully saturated rings. The molecular weight excluding hydrogens is 322 g/mol. The van der Waals surface area contributed by atoms with E-state index in [9.17, 15) is 10.1 Å². The number of nitrogens with zero attached hydrogens (tertiary/aromatic N) is 1. The standard InChI is InChI=1S/C22H27N3O/c1-15(19-5-3-2-4-6-19)25-21(26)20(13-23)14-24-22-10-16-7-17(11-22)9-18(8-16)12-22/h2-6,14-18,24H,7-12H2,1H3,(H,25,26)/b20-14-. The number of hydrogen-bond donors (Lipinski definition) is 2. The molecule has 1 atom stereocenters. The predicted molar refractivity (Wildman–Crippen MR) is 101 cm³/mol. The molecule has 5 rings (SSSR count). The Morgan fingerprint density at radius 1 is 1.15 bits per heavy atom. The van der Waals surface area contributed by atoms with E-state index in [1.807, 2.05) is 37.3 Å². The Labute approximate surface area is 155 Å². The highest BCUT2D eigenvalue weighted by atomic mass is 16.1. The van der Waals surface area contributed by atoms with E-state index in [0.717, 1.165) is 23.3 Å². The molecule has 1 aromatic carbocycles. The van der Waals surface area contributed by atoms with E-state index in [4.69, 9.17) is 0 Å². The molecule has 0 aromatic heterocycles. The lowest BCUT2D eigenvalue weighted by Crippen LogP contribution is -2.57. The maximum Gasteiger partial charge on any atom is 0.263 e. The number of carbonyl (C=O) groups is 1. The summed E-state index contributed by atoms with van der Waals surface area (Å²) in [5.41, 5.74) is 1.32. The molecule has 0 spiro atoms. The van der Waals surface area contributed by atoms with Crippen LogP contribution in [0.4, 0.5) is 0 Å². The van der Waals surface area contributed by atoms with Crippen LogP contribution in [0.1, 0.15) is 57.1 Å². The van der Waals surface area contributed by atoms with Gasteiger partial charge in [0.25, 0.3) is 5.91 Å². The third kappa shape index (κ3) is 3.35. The van der Waals surface area contributed by atoms with Gasteiger partial charge in [-0.3, -0.25) is 4.79 Å². The molecule has 0 aliphatic heterocycles. The van der Waals surface area contributed by atoms with Crippen molar-refractivity contribution in [3.63, 3.8) is 0 Å². The Bertz CT molecular complexity index is 711. The number of benzene rings is 1. The number of amides is 1. The second kappa shape index (κ2) is 6.79. The average Bonchev–Trinajstić information content (AvgIpc) is 2.61. The number of hydrogen-bond acceptors (Lipinski definition) is 3. The normalized spacial score (nSPS) is 33.4. The smallest absolute Gasteiger partial charge is 0.263 e. The van der Waals surface area contributed by atoms with Crippen LogP contribution in [-0.4, -0.2) is 11.4 Å². The first-order valence-electron chi connectivity index (χ1n) is 9.81. The van der Waals surface area contributed by atoms with Gasteiger partial charge >= 0.3 is 0 Å². The van der Waals surface area contributed by atoms with Crippen LogP contribution >= 0.6 is 0 Å². The van der Waals surface area contributed by atoms with Gasteiger partial charge in [0.1, 0.15) is 11.6 Å². The van der Waals surface area contributed by atoms with Crippen molar-refractivity contribution in [2.45, 2.75) is 57.0 Å². The third-order valence-corrected chi connectivity index (χ3v) is 6.57. The number of nitriles is 1. The Kier molecular flexibility index (Phi) is 4.48. The summed E-state index contributed by atoms with van der Waals surface area (Å²) in [4.78, 5) is 12.5. The highest BCUT2D eigenvalue weighted by Crippen LogP contribution is 2.55. The minimum absolute atomic E-state index is 0.113. The number of carbonyl (C=O) groups excluding carboxylic acids is 1. The van der Waals surface area contributed by atoms with E-state index in [1.54, 1.807) is 6.20 Å². The summed E-state index contributed by atoms with van der Waals surface area (Å²) >= 11 is 0. The van der Waals surface area contributed by atoms with Crippen LogP contribution in [0.2, 0.25) is 0 Å². The zero-order valence-corrected chi connectivity index (χ0v) is 15.4. The maximum absolute atomic E-state index is 12.5. The monoisotopic (exact) mass is 349 g/mol. The topological polar surface area (TPSA) is 64.9 Å². The lowest BCUT2D eigenvalue weighted by molar-refractivity contribution is -0.117. The van der Waals surface area contributed by atoms with Crippen molar-refractivity contribution in [2.75, 3.05) is 0 Å². The number of rotatable bonds is 5. The highest BCUT2D eigenvalue weighted by Gasteiger charge is 2.50. The van der Waals surface area contributed by atoms with Gasteiger partial charge in [-0.25, -0.2) is 0 Å². The summed E-state index contributed by atoms with van der Waals surface area (Å²) in [7, 11) is 0. The minimum atomic E-state index is -0.305. The lowest BCUT2D eigenvalue weighted by Gasteiger charge is -2.56. The van der Waals surface area contributed by atoms with Gasteiger partial charge in [-0.1, -0.05) is 30.3 Å². The Morgan fingerprint density at radius 2 is 1.73 bits per heavy atom. The molecular formula is C22H27N3O. The summed E-state index contributed by atoms with van der Waals surface area (Å²) in [6.45, 7) is 1.94. The van der Waals surface area contributed by atoms with Crippen LogP contribution in [-0.2, 0) is 4.79 Å². The molecule has 1 amide bonds. The molecule has 1 unspecified atom stereocenters. The van der Waals surface area contributed by atoms with Gasteiger partial charge in [0, 0.05) is 11.7 Å². The molecule has 136 valence electrons. The van der Waals surface area contributed by atoms with Crippen molar-refractivity contribution in [1.82, 2.24) is 10.6 Å². The highest BCUT2D eigenvalue weighted by molar-refractivity contribution is 5.97. The van der Waals surface area contributed by atoms with E-state index in [-0.39, 0.29) is 23.1 Å². The van der Waals surface area contributed by atoms with Gasteiger partial charge < -0.3 is 10.6 Å². The van der Waals surface area contributed by atoms with Gasteiger partial charge in [0.2, 0.25) is 0 Å². The Hall–Kier alpha value is -2.28. The fourth-order valence-electron chi connectivity index (χ4n) is 5.76. The first-order chi connectivity index (χ1) is 12.6. The molecule has 4 nitrogen and oxygen atoms in total. The molecule has 4 saturated carbocycles. The first-order valence-corrected chi connectivity index (χ1v) is 9.81. The van der Waals surface area contributed by atoms with Gasteiger partial charge in [-0.15, -0.1) is 0 Å². The van der Waals surface area contributed by atoms with E-state index < -0.39 is 0 Å². The van der Waals surface area contributed by atoms with Gasteiger partial charge in [0.15, 0.2) is 0 Å². The molecule has 4 heteroatoms. The zero-order chi connectivity index (χ0) is 18.1. The van der Waals surface area contributed by atoms with E-state index in [1.165, 1.54) is 38.5 Å². The third-order valence-electron chi connectivity index (χ3n) is 6.57. The largest absolute Gasteiger partial charge is 0.384 e. The summed E-state index contributed by atoms with van der Waals surface area (Å²) in [6, 6.07) is 11.8. The van der Waals surface area contributed by atoms with Crippen molar-refractivity contribution < 1.29 is 4.79 Å². The SMILES string of the molecule is CC(NC(=O)/C(C#N)=C\NC12CC3CC(CC(C3)C1)C2)c1ccccc1. The van der Waals surface area contributed by atoms with E-state index in [0.29, 0.717) is 0 Å². The summed E-state index contributed by atoms with van der Waals surface area (Å²) in [5, 5.41) is 15.9. The van der Waals surface area contributed by atoms with Crippen LogP contribution < -0.4 is 10.6 Å². The number of nitrogens with one attached hydrogen (secondary N) is 2. The van der Waals surface area contributed by atoms with Crippen molar-refractivity contribution in [3.05, 3.63) is 47.7 Å². The molecule has 0 radical (unpaired) electrons. The Morgan fingerprint density at radius 3 is 2.27 bits per heavy atom. The first kappa shape index (κ1) is 17.1. The molecule has 1 aromatic rings. The van der Waals surface area contributed by atoms with Crippen molar-refractivity contribution >= 4 is 5.91 Å². The fraction of sp³-hybridized carbons (Fsp3) is 0.545. The molecule has 26 heavy (non-hydrogen) atoms. The van der Waals surface area contributed by atoms with Gasteiger partial charge in [0.05, 0.1) is 6.04 Å². The fourth-order valence-corrected chi connectivity index (χ4v) is 5.76. The van der Waals surface area contributed by atoms with Crippen LogP contribution in [0.5, 0.6) is 0 Å². The lowest BCUT2D eigenvalue weighted by atomic mass is 9.53. The van der Waals surface area contributed by atoms with Crippen molar-refractivity contribution in [1.29, 1.82) is 5.26 Å². The maximum atomic E-state index is 12.5. The molecule has 2 N–H and O–H groups in total. The predicted octanol–water partition coefficient (Wildman–Crippen LogP) is 3.83. The van der Waals surface area contributed by atoms with Crippen LogP contribution in [0.3, 0.4) is 0 Å². The zero-order valence-electron chi connectivity index (χ0n) is 15.4. The molecule has 0 saturated heterocycles. The van der Waals surface area contributed by atoms with Gasteiger partial charge in [-0.2, -0.15) is 5.26 Å². The van der Waals surface area contributed by atoms with E-state index in [2.05, 4.69) is 16.7 Å². The molecule has 4 aliphatic rings. The second-order valence-electron chi connectivity index (χ2n) is 8.62. The quantitative estimate of drug-likeness (QED) is 0.627. The summed E-state index contributed by atoms with van der Waals surface area (Å²) < 4.78 is 0. The average molecular weight is 349 g/mol. The van der Waals surface area contributed by atoms with Crippen LogP contribution in [0.25, 0.3) is 0 Å². The second-order valence-corrected chi connectivity index (χ2v) is 8.62. The molecule has 4 aliphatic carbocycles. The summed E-state index contributed by atoms with van der Waals surface area (Å²) in [5.74, 6) is 2.19. The van der Waals surface area contributed by atoms with Gasteiger partial charge in [-0.05, 0) is 68.8 Å². The molecule has 0 heterocycles. The van der Waals surface area contributed by atoms with Crippen molar-refractivity contribution in [2.24, 2.45) is 17.8 Å². The summed E-state index contributed by atoms with van der Waals surface area (Å²) in [6.07, 6.45) is 9.39. The van der Waals surface area contributed by atoms with Crippen LogP contribution in [0.15, 0.2) is 42.1 Å².